The Labute approximate surface area is 128 Å². The SMILES string of the molecule is [C-]#[N+]CC1C2CC3CC(C2)CC1(OC(=O)C(C)(C)CC)C3. The van der Waals surface area contributed by atoms with Crippen LogP contribution >= 0.6 is 0 Å². The van der Waals surface area contributed by atoms with Crippen molar-refractivity contribution in [1.82, 2.24) is 0 Å². The Morgan fingerprint density at radius 1 is 1.29 bits per heavy atom. The monoisotopic (exact) mass is 289 g/mol. The first-order valence-corrected chi connectivity index (χ1v) is 8.47. The molecule has 0 saturated heterocycles. The van der Waals surface area contributed by atoms with E-state index in [0.717, 1.165) is 31.1 Å². The summed E-state index contributed by atoms with van der Waals surface area (Å²) in [5, 5.41) is 0. The van der Waals surface area contributed by atoms with Crippen LogP contribution in [0.25, 0.3) is 4.85 Å². The van der Waals surface area contributed by atoms with Gasteiger partial charge in [0, 0.05) is 0 Å². The molecule has 0 aromatic heterocycles. The first-order valence-electron chi connectivity index (χ1n) is 8.47. The van der Waals surface area contributed by atoms with Gasteiger partial charge in [-0.25, -0.2) is 6.57 Å². The van der Waals surface area contributed by atoms with E-state index in [-0.39, 0.29) is 17.5 Å². The second-order valence-electron chi connectivity index (χ2n) is 8.25. The molecule has 4 aliphatic rings. The molecule has 3 nitrogen and oxygen atoms in total. The van der Waals surface area contributed by atoms with Gasteiger partial charge >= 0.3 is 5.97 Å². The maximum Gasteiger partial charge on any atom is 0.312 e. The topological polar surface area (TPSA) is 30.7 Å². The van der Waals surface area contributed by atoms with Crippen LogP contribution in [-0.2, 0) is 9.53 Å². The van der Waals surface area contributed by atoms with Gasteiger partial charge in [0.1, 0.15) is 5.60 Å². The average Bonchev–Trinajstić information content (AvgIpc) is 2.42. The minimum Gasteiger partial charge on any atom is -0.458 e. The number of hydrogen-bond donors (Lipinski definition) is 0. The van der Waals surface area contributed by atoms with Crippen LogP contribution in [0.5, 0.6) is 0 Å². The lowest BCUT2D eigenvalue weighted by Crippen LogP contribution is -2.60. The van der Waals surface area contributed by atoms with E-state index >= 15 is 0 Å². The Hall–Kier alpha value is -1.04. The Bertz CT molecular complexity index is 462. The zero-order valence-corrected chi connectivity index (χ0v) is 13.5. The molecule has 4 rings (SSSR count). The highest BCUT2D eigenvalue weighted by Crippen LogP contribution is 2.60. The Kier molecular flexibility index (Phi) is 3.55. The van der Waals surface area contributed by atoms with Gasteiger partial charge in [-0.05, 0) is 70.1 Å². The molecular weight excluding hydrogens is 262 g/mol. The smallest absolute Gasteiger partial charge is 0.312 e. The minimum atomic E-state index is -0.411. The fraction of sp³-hybridized carbons (Fsp3) is 0.889. The number of rotatable bonds is 4. The summed E-state index contributed by atoms with van der Waals surface area (Å²) in [6.45, 7) is 13.8. The third-order valence-corrected chi connectivity index (χ3v) is 6.47. The molecule has 116 valence electrons. The van der Waals surface area contributed by atoms with Crippen LogP contribution in [-0.4, -0.2) is 18.1 Å². The van der Waals surface area contributed by atoms with E-state index in [1.54, 1.807) is 0 Å². The number of carbonyl (C=O) groups is 1. The van der Waals surface area contributed by atoms with Crippen molar-refractivity contribution >= 4 is 5.97 Å². The van der Waals surface area contributed by atoms with Crippen molar-refractivity contribution in [2.75, 3.05) is 6.54 Å². The van der Waals surface area contributed by atoms with Crippen molar-refractivity contribution in [3.8, 4) is 0 Å². The van der Waals surface area contributed by atoms with E-state index in [2.05, 4.69) is 4.85 Å². The number of hydrogen-bond acceptors (Lipinski definition) is 2. The standard InChI is InChI=1S/C18H27NO2/c1-5-17(2,3)16(20)21-18-9-12-6-13(10-18)8-14(7-12)15(18)11-19-4/h12-15H,5-11H2,1-3H3. The zero-order chi connectivity index (χ0) is 15.3. The van der Waals surface area contributed by atoms with Crippen molar-refractivity contribution in [3.63, 3.8) is 0 Å². The summed E-state index contributed by atoms with van der Waals surface area (Å²) in [7, 11) is 0. The molecule has 0 aliphatic heterocycles. The maximum atomic E-state index is 12.6. The van der Waals surface area contributed by atoms with E-state index in [1.807, 2.05) is 20.8 Å². The van der Waals surface area contributed by atoms with Crippen LogP contribution in [0.15, 0.2) is 0 Å². The molecule has 4 aliphatic carbocycles. The highest BCUT2D eigenvalue weighted by Gasteiger charge is 2.61. The van der Waals surface area contributed by atoms with Crippen LogP contribution in [0.3, 0.4) is 0 Å². The van der Waals surface area contributed by atoms with Gasteiger partial charge in [0.25, 0.3) is 0 Å². The predicted molar refractivity (Wildman–Crippen MR) is 81.4 cm³/mol. The number of esters is 1. The Balaban J connectivity index is 1.86. The molecule has 0 aromatic carbocycles. The summed E-state index contributed by atoms with van der Waals surface area (Å²) >= 11 is 0. The van der Waals surface area contributed by atoms with Crippen LogP contribution in [0, 0.1) is 35.7 Å². The molecule has 0 amide bonds. The van der Waals surface area contributed by atoms with Gasteiger partial charge in [0.05, 0.1) is 11.3 Å². The lowest BCUT2D eigenvalue weighted by molar-refractivity contribution is -0.213. The molecule has 3 unspecified atom stereocenters. The molecule has 0 N–H and O–H groups in total. The van der Waals surface area contributed by atoms with Crippen molar-refractivity contribution in [2.24, 2.45) is 29.1 Å². The lowest BCUT2D eigenvalue weighted by atomic mass is 9.49. The molecule has 4 bridgehead atoms. The summed E-state index contributed by atoms with van der Waals surface area (Å²) in [5.74, 6) is 2.29. The van der Waals surface area contributed by atoms with E-state index in [9.17, 15) is 4.79 Å². The van der Waals surface area contributed by atoms with Crippen LogP contribution in [0.2, 0.25) is 0 Å². The van der Waals surface area contributed by atoms with Gasteiger partial charge in [-0.2, -0.15) is 0 Å². The summed E-state index contributed by atoms with van der Waals surface area (Å²) in [6, 6.07) is 0. The molecule has 21 heavy (non-hydrogen) atoms. The van der Waals surface area contributed by atoms with Crippen LogP contribution < -0.4 is 0 Å². The maximum absolute atomic E-state index is 12.6. The fourth-order valence-corrected chi connectivity index (χ4v) is 5.11. The molecule has 4 fully saturated rings. The van der Waals surface area contributed by atoms with Gasteiger partial charge in [-0.1, -0.05) is 6.92 Å². The van der Waals surface area contributed by atoms with E-state index in [4.69, 9.17) is 11.3 Å². The van der Waals surface area contributed by atoms with E-state index in [1.165, 1.54) is 19.3 Å². The van der Waals surface area contributed by atoms with Crippen molar-refractivity contribution < 1.29 is 9.53 Å². The number of ether oxygens (including phenoxy) is 1. The first kappa shape index (κ1) is 14.9. The highest BCUT2D eigenvalue weighted by molar-refractivity contribution is 5.76. The predicted octanol–water partition coefficient (Wildman–Crippen LogP) is 4.08. The van der Waals surface area contributed by atoms with Crippen molar-refractivity contribution in [1.29, 1.82) is 0 Å². The quantitative estimate of drug-likeness (QED) is 0.576. The van der Waals surface area contributed by atoms with Gasteiger partial charge < -0.3 is 9.58 Å². The summed E-state index contributed by atoms with van der Waals surface area (Å²) < 4.78 is 6.19. The summed E-state index contributed by atoms with van der Waals surface area (Å²) in [4.78, 5) is 16.3. The second kappa shape index (κ2) is 5.00. The molecule has 4 saturated carbocycles. The van der Waals surface area contributed by atoms with Gasteiger partial charge in [-0.3, -0.25) is 4.79 Å². The second-order valence-corrected chi connectivity index (χ2v) is 8.25. The lowest BCUT2D eigenvalue weighted by Gasteiger charge is -2.59. The fourth-order valence-electron chi connectivity index (χ4n) is 5.11. The molecule has 0 spiro atoms. The third kappa shape index (κ3) is 2.37. The molecule has 0 radical (unpaired) electrons. The molecule has 3 atom stereocenters. The van der Waals surface area contributed by atoms with Gasteiger partial charge in [-0.15, -0.1) is 0 Å². The van der Waals surface area contributed by atoms with E-state index in [0.29, 0.717) is 12.5 Å². The molecule has 0 heterocycles. The van der Waals surface area contributed by atoms with Gasteiger partial charge in [0.15, 0.2) is 0 Å². The Morgan fingerprint density at radius 2 is 1.90 bits per heavy atom. The molecular formula is C18H27NO2. The van der Waals surface area contributed by atoms with Crippen LogP contribution in [0.1, 0.15) is 59.3 Å². The average molecular weight is 289 g/mol. The molecule has 3 heteroatoms. The zero-order valence-electron chi connectivity index (χ0n) is 13.5. The normalized spacial score (nSPS) is 40.9. The van der Waals surface area contributed by atoms with Crippen molar-refractivity contribution in [3.05, 3.63) is 11.4 Å². The third-order valence-electron chi connectivity index (χ3n) is 6.47. The van der Waals surface area contributed by atoms with Crippen molar-refractivity contribution in [2.45, 2.75) is 64.9 Å². The first-order chi connectivity index (χ1) is 9.90. The highest BCUT2D eigenvalue weighted by atomic mass is 16.6. The summed E-state index contributed by atoms with van der Waals surface area (Å²) in [5.41, 5.74) is -0.727. The molecule has 0 aromatic rings. The number of nitrogens with zero attached hydrogens (tertiary/aromatic N) is 1. The number of carbonyl (C=O) groups excluding carboxylic acids is 1. The minimum absolute atomic E-state index is 0.0538. The summed E-state index contributed by atoms with van der Waals surface area (Å²) in [6.07, 6.45) is 6.64. The largest absolute Gasteiger partial charge is 0.458 e. The van der Waals surface area contributed by atoms with E-state index < -0.39 is 5.41 Å². The van der Waals surface area contributed by atoms with Crippen LogP contribution in [0.4, 0.5) is 0 Å². The Morgan fingerprint density at radius 3 is 2.43 bits per heavy atom. The van der Waals surface area contributed by atoms with Gasteiger partial charge in [0.2, 0.25) is 6.54 Å².